The lowest BCUT2D eigenvalue weighted by atomic mass is 10.1. The number of nitrogens with zero attached hydrogens (tertiary/aromatic N) is 1. The predicted octanol–water partition coefficient (Wildman–Crippen LogP) is 2.20. The molecule has 6 heteroatoms. The number of hydrogen-bond acceptors (Lipinski definition) is 3. The average molecular weight is 342 g/mol. The largest absolute Gasteiger partial charge is 0.387 e. The Labute approximate surface area is 145 Å². The number of aliphatic hydroxyl groups excluding tert-OH is 1. The van der Waals surface area contributed by atoms with E-state index >= 15 is 0 Å². The Balaban J connectivity index is 1.64. The normalized spacial score (nSPS) is 14.1. The minimum absolute atomic E-state index is 0.0154. The number of carbonyl (C=O) groups excluding carboxylic acids is 2. The molecule has 2 amide bonds. The first-order valence-electron chi connectivity index (χ1n) is 8.08. The van der Waals surface area contributed by atoms with Crippen LogP contribution in [-0.4, -0.2) is 30.0 Å². The molecule has 0 aliphatic carbocycles. The number of anilines is 1. The van der Waals surface area contributed by atoms with Crippen LogP contribution in [0.1, 0.15) is 34.5 Å². The van der Waals surface area contributed by atoms with Crippen LogP contribution in [0.15, 0.2) is 42.5 Å². The van der Waals surface area contributed by atoms with Gasteiger partial charge >= 0.3 is 0 Å². The molecule has 0 saturated carbocycles. The molecule has 25 heavy (non-hydrogen) atoms. The molecule has 2 N–H and O–H groups in total. The molecule has 1 unspecified atom stereocenters. The zero-order chi connectivity index (χ0) is 18.0. The molecule has 1 heterocycles. The lowest BCUT2D eigenvalue weighted by molar-refractivity contribution is -0.116. The highest BCUT2D eigenvalue weighted by Crippen LogP contribution is 2.28. The third-order valence-electron chi connectivity index (χ3n) is 4.33. The molecule has 2 aromatic carbocycles. The molecule has 2 aromatic rings. The van der Waals surface area contributed by atoms with Crippen LogP contribution in [0, 0.1) is 5.82 Å². The third-order valence-corrected chi connectivity index (χ3v) is 4.33. The Hall–Kier alpha value is -2.73. The molecule has 3 rings (SSSR count). The Morgan fingerprint density at radius 1 is 1.24 bits per heavy atom. The minimum atomic E-state index is -0.910. The van der Waals surface area contributed by atoms with Gasteiger partial charge in [-0.25, -0.2) is 4.39 Å². The predicted molar refractivity (Wildman–Crippen MR) is 91.9 cm³/mol. The summed E-state index contributed by atoms with van der Waals surface area (Å²) in [6.07, 6.45) is -0.194. The van der Waals surface area contributed by atoms with Crippen LogP contribution >= 0.6 is 0 Å². The van der Waals surface area contributed by atoms with Crippen molar-refractivity contribution in [1.82, 2.24) is 5.32 Å². The minimum Gasteiger partial charge on any atom is -0.387 e. The van der Waals surface area contributed by atoms with E-state index in [1.165, 1.54) is 31.2 Å². The first-order valence-corrected chi connectivity index (χ1v) is 8.08. The van der Waals surface area contributed by atoms with Gasteiger partial charge in [0, 0.05) is 31.3 Å². The van der Waals surface area contributed by atoms with Crippen LogP contribution in [0.3, 0.4) is 0 Å². The van der Waals surface area contributed by atoms with Gasteiger partial charge in [0.25, 0.3) is 5.91 Å². The molecule has 130 valence electrons. The van der Waals surface area contributed by atoms with Crippen LogP contribution in [0.4, 0.5) is 10.1 Å². The van der Waals surface area contributed by atoms with E-state index in [0.717, 1.165) is 11.3 Å². The summed E-state index contributed by atoms with van der Waals surface area (Å²) in [5.41, 5.74) is 2.82. The summed E-state index contributed by atoms with van der Waals surface area (Å²) in [5, 5.41) is 12.8. The van der Waals surface area contributed by atoms with Crippen molar-refractivity contribution in [3.05, 3.63) is 65.0 Å². The summed E-state index contributed by atoms with van der Waals surface area (Å²) in [5.74, 6) is -0.693. The highest BCUT2D eigenvalue weighted by Gasteiger charge is 2.23. The molecular weight excluding hydrogens is 323 g/mol. The first-order chi connectivity index (χ1) is 12.0. The van der Waals surface area contributed by atoms with Crippen LogP contribution in [-0.2, 0) is 11.2 Å². The molecule has 1 aliphatic rings. The van der Waals surface area contributed by atoms with E-state index in [0.29, 0.717) is 24.1 Å². The number of carbonyl (C=O) groups is 2. The van der Waals surface area contributed by atoms with E-state index in [2.05, 4.69) is 5.32 Å². The van der Waals surface area contributed by atoms with Crippen molar-refractivity contribution in [2.45, 2.75) is 19.4 Å². The fourth-order valence-electron chi connectivity index (χ4n) is 2.96. The first kappa shape index (κ1) is 17.1. The van der Waals surface area contributed by atoms with Gasteiger partial charge < -0.3 is 15.3 Å². The molecule has 0 bridgehead atoms. The van der Waals surface area contributed by atoms with Crippen LogP contribution in [0.5, 0.6) is 0 Å². The molecule has 5 nitrogen and oxygen atoms in total. The number of hydrogen-bond donors (Lipinski definition) is 2. The fraction of sp³-hybridized carbons (Fsp3) is 0.263. The van der Waals surface area contributed by atoms with Crippen molar-refractivity contribution in [2.24, 2.45) is 0 Å². The smallest absolute Gasteiger partial charge is 0.251 e. The second-order valence-corrected chi connectivity index (χ2v) is 6.04. The molecule has 0 radical (unpaired) electrons. The second kappa shape index (κ2) is 7.03. The summed E-state index contributed by atoms with van der Waals surface area (Å²) in [6.45, 7) is 2.17. The highest BCUT2D eigenvalue weighted by molar-refractivity contribution is 5.97. The van der Waals surface area contributed by atoms with Crippen molar-refractivity contribution < 1.29 is 19.1 Å². The number of rotatable bonds is 4. The van der Waals surface area contributed by atoms with Gasteiger partial charge in [0.1, 0.15) is 5.82 Å². The molecule has 0 saturated heterocycles. The van der Waals surface area contributed by atoms with Crippen molar-refractivity contribution in [2.75, 3.05) is 18.0 Å². The van der Waals surface area contributed by atoms with Gasteiger partial charge in [-0.15, -0.1) is 0 Å². The lowest BCUT2D eigenvalue weighted by Gasteiger charge is -2.15. The zero-order valence-corrected chi connectivity index (χ0v) is 13.8. The summed E-state index contributed by atoms with van der Waals surface area (Å²) < 4.78 is 12.9. The maximum absolute atomic E-state index is 12.9. The zero-order valence-electron chi connectivity index (χ0n) is 13.8. The van der Waals surface area contributed by atoms with Gasteiger partial charge in [-0.1, -0.05) is 12.1 Å². The topological polar surface area (TPSA) is 69.6 Å². The molecular formula is C19H19FN2O3. The number of fused-ring (bicyclic) bond motifs is 1. The van der Waals surface area contributed by atoms with Crippen molar-refractivity contribution in [1.29, 1.82) is 0 Å². The maximum atomic E-state index is 12.9. The highest BCUT2D eigenvalue weighted by atomic mass is 19.1. The molecule has 0 fully saturated rings. The Morgan fingerprint density at radius 3 is 2.64 bits per heavy atom. The van der Waals surface area contributed by atoms with E-state index in [1.54, 1.807) is 23.1 Å². The summed E-state index contributed by atoms with van der Waals surface area (Å²) in [4.78, 5) is 25.5. The second-order valence-electron chi connectivity index (χ2n) is 6.04. The van der Waals surface area contributed by atoms with E-state index in [1.807, 2.05) is 0 Å². The van der Waals surface area contributed by atoms with Gasteiger partial charge in [0.05, 0.1) is 6.10 Å². The van der Waals surface area contributed by atoms with Crippen LogP contribution < -0.4 is 10.2 Å². The monoisotopic (exact) mass is 342 g/mol. The van der Waals surface area contributed by atoms with Crippen LogP contribution in [0.2, 0.25) is 0 Å². The SMILES string of the molecule is CC(=O)N1CCc2cc(C(=O)NCC(O)c3ccc(F)cc3)ccc21. The molecule has 0 aromatic heterocycles. The van der Waals surface area contributed by atoms with Crippen molar-refractivity contribution >= 4 is 17.5 Å². The van der Waals surface area contributed by atoms with Gasteiger partial charge in [0.2, 0.25) is 5.91 Å². The maximum Gasteiger partial charge on any atom is 0.251 e. The van der Waals surface area contributed by atoms with E-state index in [-0.39, 0.29) is 24.2 Å². The Kier molecular flexibility index (Phi) is 4.81. The third kappa shape index (κ3) is 3.69. The summed E-state index contributed by atoms with van der Waals surface area (Å²) in [6, 6.07) is 10.7. The summed E-state index contributed by atoms with van der Waals surface area (Å²) in [7, 11) is 0. The quantitative estimate of drug-likeness (QED) is 0.895. The molecule has 1 aliphatic heterocycles. The standard InChI is InChI=1S/C19H19FN2O3/c1-12(23)22-9-8-14-10-15(4-7-17(14)22)19(25)21-11-18(24)13-2-5-16(20)6-3-13/h2-7,10,18,24H,8-9,11H2,1H3,(H,21,25). The van der Waals surface area contributed by atoms with E-state index in [9.17, 15) is 19.1 Å². The van der Waals surface area contributed by atoms with Gasteiger partial charge in [-0.2, -0.15) is 0 Å². The number of halogens is 1. The average Bonchev–Trinajstić information content (AvgIpc) is 3.03. The van der Waals surface area contributed by atoms with Gasteiger partial charge in [0.15, 0.2) is 0 Å². The van der Waals surface area contributed by atoms with Crippen molar-refractivity contribution in [3.8, 4) is 0 Å². The number of benzene rings is 2. The molecule has 1 atom stereocenters. The summed E-state index contributed by atoms with van der Waals surface area (Å²) >= 11 is 0. The molecule has 0 spiro atoms. The van der Waals surface area contributed by atoms with Crippen molar-refractivity contribution in [3.63, 3.8) is 0 Å². The number of nitrogens with one attached hydrogen (secondary N) is 1. The lowest BCUT2D eigenvalue weighted by Crippen LogP contribution is -2.28. The Morgan fingerprint density at radius 2 is 1.96 bits per heavy atom. The van der Waals surface area contributed by atoms with Gasteiger partial charge in [-0.05, 0) is 47.9 Å². The van der Waals surface area contributed by atoms with Gasteiger partial charge in [-0.3, -0.25) is 9.59 Å². The Bertz CT molecular complexity index is 805. The van der Waals surface area contributed by atoms with E-state index < -0.39 is 6.10 Å². The fourth-order valence-corrected chi connectivity index (χ4v) is 2.96. The van der Waals surface area contributed by atoms with E-state index in [4.69, 9.17) is 0 Å². The number of aliphatic hydroxyl groups is 1. The number of amides is 2. The van der Waals surface area contributed by atoms with Crippen LogP contribution in [0.25, 0.3) is 0 Å².